The van der Waals surface area contributed by atoms with E-state index in [-0.39, 0.29) is 11.1 Å². The molecule has 282 valence electrons. The van der Waals surface area contributed by atoms with E-state index in [1.54, 1.807) is 36.4 Å². The van der Waals surface area contributed by atoms with Gasteiger partial charge in [0.25, 0.3) is 0 Å². The first kappa shape index (κ1) is 40.3. The summed E-state index contributed by atoms with van der Waals surface area (Å²) in [6, 6.07) is 15.2. The first-order valence-corrected chi connectivity index (χ1v) is 17.0. The monoisotopic (exact) mass is 732 g/mol. The molecule has 0 saturated heterocycles. The summed E-state index contributed by atoms with van der Waals surface area (Å²) in [7, 11) is 0. The van der Waals surface area contributed by atoms with Crippen molar-refractivity contribution in [3.8, 4) is 0 Å². The molecule has 0 amide bonds. The molecule has 13 nitrogen and oxygen atoms in total. The van der Waals surface area contributed by atoms with Crippen LogP contribution in [0.15, 0.2) is 85.0 Å². The molecule has 0 unspecified atom stereocenters. The molecule has 53 heavy (non-hydrogen) atoms. The number of esters is 5. The van der Waals surface area contributed by atoms with E-state index >= 15 is 0 Å². The molecule has 1 N–H and O–H groups in total. The summed E-state index contributed by atoms with van der Waals surface area (Å²) in [5.41, 5.74) is -6.40. The van der Waals surface area contributed by atoms with Crippen molar-refractivity contribution in [1.29, 1.82) is 0 Å². The lowest BCUT2D eigenvalue weighted by Gasteiger charge is -2.42. The van der Waals surface area contributed by atoms with E-state index in [1.807, 2.05) is 0 Å². The van der Waals surface area contributed by atoms with Gasteiger partial charge in [-0.05, 0) is 45.0 Å². The molecule has 0 heterocycles. The number of Topliss-reactive ketones (excluding diaryl/α,β-unsaturated/α-hetero) is 2. The Morgan fingerprint density at radius 2 is 1.19 bits per heavy atom. The highest BCUT2D eigenvalue weighted by molar-refractivity contribution is 5.96. The van der Waals surface area contributed by atoms with Crippen molar-refractivity contribution < 1.29 is 62.4 Å². The third kappa shape index (κ3) is 8.62. The quantitative estimate of drug-likeness (QED) is 0.242. The summed E-state index contributed by atoms with van der Waals surface area (Å²) in [4.78, 5) is 95.2. The fourth-order valence-corrected chi connectivity index (χ4v) is 6.95. The topological polar surface area (TPSA) is 186 Å². The normalized spacial score (nSPS) is 29.8. The maximum absolute atomic E-state index is 14.8. The Kier molecular flexibility index (Phi) is 11.9. The van der Waals surface area contributed by atoms with Crippen LogP contribution in [0.2, 0.25) is 0 Å². The van der Waals surface area contributed by atoms with Crippen LogP contribution in [0.3, 0.4) is 0 Å². The third-order valence-corrected chi connectivity index (χ3v) is 9.35. The summed E-state index contributed by atoms with van der Waals surface area (Å²) in [6.07, 6.45) is -5.41. The Labute approximate surface area is 307 Å². The van der Waals surface area contributed by atoms with E-state index in [1.165, 1.54) is 64.1 Å². The van der Waals surface area contributed by atoms with Crippen LogP contribution < -0.4 is 0 Å². The summed E-state index contributed by atoms with van der Waals surface area (Å²) in [6.45, 7) is 12.9. The fraction of sp³-hybridized carbons (Fsp3) is 0.425. The van der Waals surface area contributed by atoms with Crippen LogP contribution in [0.5, 0.6) is 0 Å². The predicted molar refractivity (Wildman–Crippen MR) is 187 cm³/mol. The number of carbonyl (C=O) groups is 7. The summed E-state index contributed by atoms with van der Waals surface area (Å²) in [5.74, 6) is -9.33. The Morgan fingerprint density at radius 1 is 0.698 bits per heavy atom. The van der Waals surface area contributed by atoms with Gasteiger partial charge >= 0.3 is 29.8 Å². The number of rotatable bonds is 7. The van der Waals surface area contributed by atoms with E-state index in [2.05, 4.69) is 6.58 Å². The molecule has 0 spiro atoms. The zero-order valence-electron chi connectivity index (χ0n) is 30.7. The maximum Gasteiger partial charge on any atom is 0.338 e. The number of fused-ring (bicyclic) bond motifs is 1. The standard InChI is InChI=1S/C40H44O13/c1-22-19-20-38(6,7)34(45)32(49-24(3)41)31(52-37(47)28-17-13-10-14-18-28)23(2)30(51-36(46)27-15-11-9-12-16-27)29-35(50-25(4)42)39(8,48)21-40(29,33(22)44)53-26(5)43/h9-20,22,29-32,35,48H,2,21H2,1,3-8H3/t22-,29+,30-,31-,32-,35-,39+,40+/m0/s1. The Bertz CT molecular complexity index is 1810. The van der Waals surface area contributed by atoms with Gasteiger partial charge < -0.3 is 28.8 Å². The number of hydrogen-bond acceptors (Lipinski definition) is 13. The maximum atomic E-state index is 14.8. The second-order valence-corrected chi connectivity index (χ2v) is 14.2. The number of carbonyl (C=O) groups excluding carboxylic acids is 7. The number of benzene rings is 2. The first-order valence-electron chi connectivity index (χ1n) is 17.0. The average molecular weight is 733 g/mol. The largest absolute Gasteiger partial charge is 0.459 e. The number of allylic oxidation sites excluding steroid dienone is 2. The third-order valence-electron chi connectivity index (χ3n) is 9.35. The Hall–Kier alpha value is -5.43. The molecule has 13 heteroatoms. The lowest BCUT2D eigenvalue weighted by Crippen LogP contribution is -2.58. The lowest BCUT2D eigenvalue weighted by atomic mass is 9.72. The van der Waals surface area contributed by atoms with Gasteiger partial charge in [0.05, 0.1) is 17.0 Å². The van der Waals surface area contributed by atoms with Crippen molar-refractivity contribution in [3.05, 3.63) is 96.1 Å². The second kappa shape index (κ2) is 15.7. The molecular weight excluding hydrogens is 688 g/mol. The van der Waals surface area contributed by atoms with Gasteiger partial charge in [-0.15, -0.1) is 0 Å². The molecule has 0 bridgehead atoms. The fourth-order valence-electron chi connectivity index (χ4n) is 6.95. The summed E-state index contributed by atoms with van der Waals surface area (Å²) in [5, 5.41) is 11.9. The molecule has 2 aliphatic carbocycles. The molecule has 2 aromatic carbocycles. The van der Waals surface area contributed by atoms with Crippen molar-refractivity contribution in [2.45, 2.75) is 90.5 Å². The zero-order valence-corrected chi connectivity index (χ0v) is 30.7. The number of ether oxygens (including phenoxy) is 5. The molecule has 0 aliphatic heterocycles. The molecule has 2 aliphatic rings. The molecule has 8 atom stereocenters. The van der Waals surface area contributed by atoms with E-state index < -0.39 is 106 Å². The summed E-state index contributed by atoms with van der Waals surface area (Å²) >= 11 is 0. The van der Waals surface area contributed by atoms with Gasteiger partial charge in [0.2, 0.25) is 6.10 Å². The van der Waals surface area contributed by atoms with Crippen LogP contribution in [-0.2, 0) is 47.7 Å². The Morgan fingerprint density at radius 3 is 1.66 bits per heavy atom. The highest BCUT2D eigenvalue weighted by atomic mass is 16.6. The van der Waals surface area contributed by atoms with Gasteiger partial charge in [-0.2, -0.15) is 0 Å². The van der Waals surface area contributed by atoms with Crippen molar-refractivity contribution in [2.24, 2.45) is 17.3 Å². The van der Waals surface area contributed by atoms with E-state index in [4.69, 9.17) is 23.7 Å². The minimum Gasteiger partial charge on any atom is -0.459 e. The molecule has 0 aromatic heterocycles. The molecule has 1 fully saturated rings. The SMILES string of the molecule is C=C1[C@H](OC(=O)c2ccccc2)[C@@H]2[C@H](OC(C)=O)[C@](C)(O)C[C@]2(OC(C)=O)C(=O)[C@@H](C)C=CC(C)(C)C(=O)[C@@H](OC(C)=O)[C@H]1OC(=O)c1ccccc1. The van der Waals surface area contributed by atoms with Crippen molar-refractivity contribution in [1.82, 2.24) is 0 Å². The van der Waals surface area contributed by atoms with Crippen LogP contribution in [0, 0.1) is 17.3 Å². The van der Waals surface area contributed by atoms with Gasteiger partial charge in [0, 0.05) is 44.1 Å². The molecule has 2 aromatic rings. The average Bonchev–Trinajstić information content (AvgIpc) is 3.31. The Balaban J connectivity index is 2.12. The second-order valence-electron chi connectivity index (χ2n) is 14.2. The minimum absolute atomic E-state index is 0.00694. The van der Waals surface area contributed by atoms with Crippen molar-refractivity contribution in [2.75, 3.05) is 0 Å². The highest BCUT2D eigenvalue weighted by Gasteiger charge is 2.70. The van der Waals surface area contributed by atoms with E-state index in [0.29, 0.717) is 0 Å². The van der Waals surface area contributed by atoms with E-state index in [9.17, 15) is 38.7 Å². The van der Waals surface area contributed by atoms with Gasteiger partial charge in [0.15, 0.2) is 23.3 Å². The van der Waals surface area contributed by atoms with Crippen molar-refractivity contribution in [3.63, 3.8) is 0 Å². The van der Waals surface area contributed by atoms with E-state index in [0.717, 1.165) is 20.8 Å². The summed E-state index contributed by atoms with van der Waals surface area (Å²) < 4.78 is 29.2. The first-order chi connectivity index (χ1) is 24.7. The minimum atomic E-state index is -2.39. The predicted octanol–water partition coefficient (Wildman–Crippen LogP) is 4.30. The number of hydrogen-bond donors (Lipinski definition) is 1. The van der Waals surface area contributed by atoms with Crippen LogP contribution in [0.4, 0.5) is 0 Å². The van der Waals surface area contributed by atoms with Gasteiger partial charge in [-0.25, -0.2) is 9.59 Å². The van der Waals surface area contributed by atoms with Crippen LogP contribution >= 0.6 is 0 Å². The van der Waals surface area contributed by atoms with Gasteiger partial charge in [-0.3, -0.25) is 24.0 Å². The van der Waals surface area contributed by atoms with Gasteiger partial charge in [-0.1, -0.05) is 62.1 Å². The molecular formula is C40H44O13. The molecule has 4 rings (SSSR count). The number of ketones is 2. The highest BCUT2D eigenvalue weighted by Crippen LogP contribution is 2.52. The lowest BCUT2D eigenvalue weighted by molar-refractivity contribution is -0.183. The van der Waals surface area contributed by atoms with Crippen molar-refractivity contribution >= 4 is 41.4 Å². The molecule has 0 radical (unpaired) electrons. The molecule has 1 saturated carbocycles. The van der Waals surface area contributed by atoms with Crippen LogP contribution in [0.1, 0.15) is 75.6 Å². The van der Waals surface area contributed by atoms with Crippen LogP contribution in [-0.4, -0.2) is 82.1 Å². The zero-order chi connectivity index (χ0) is 39.5. The van der Waals surface area contributed by atoms with Crippen LogP contribution in [0.25, 0.3) is 0 Å². The number of aliphatic hydroxyl groups is 1. The van der Waals surface area contributed by atoms with Gasteiger partial charge in [0.1, 0.15) is 17.8 Å². The smallest absolute Gasteiger partial charge is 0.338 e.